The lowest BCUT2D eigenvalue weighted by atomic mass is 9.52. The summed E-state index contributed by atoms with van der Waals surface area (Å²) in [5, 5.41) is 20.0. The predicted octanol–water partition coefficient (Wildman–Crippen LogP) is 8.01. The third-order valence-electron chi connectivity index (χ3n) is 14.5. The van der Waals surface area contributed by atoms with Crippen LogP contribution in [0.3, 0.4) is 0 Å². The molecule has 7 atom stereocenters. The van der Waals surface area contributed by atoms with Gasteiger partial charge in [0.05, 0.1) is 27.9 Å². The lowest BCUT2D eigenvalue weighted by Crippen LogP contribution is -2.61. The van der Waals surface area contributed by atoms with Crippen molar-refractivity contribution in [1.29, 1.82) is 5.26 Å². The SMILES string of the molecule is CCC(C)(C)C(=O)OC(C)(C)C1CC1.CCC(C)(C)C(=O)OC12CC3CC(CC(O)(C3)C1)C2.CCC(C)(C)C(=O)OC1C2CC3C1OC(=O)C3(C#N)C2. The first kappa shape index (κ1) is 41.5. The van der Waals surface area contributed by atoms with Crippen LogP contribution in [-0.2, 0) is 38.1 Å². The van der Waals surface area contributed by atoms with E-state index < -0.39 is 33.9 Å². The molecule has 7 saturated carbocycles. The van der Waals surface area contributed by atoms with Gasteiger partial charge in [-0.05, 0) is 150 Å². The van der Waals surface area contributed by atoms with Crippen molar-refractivity contribution in [3.05, 3.63) is 0 Å². The lowest BCUT2D eigenvalue weighted by molar-refractivity contribution is -0.225. The topological polar surface area (TPSA) is 149 Å². The standard InChI is InChI=1S/C16H26O3.C15H19NO4.C12H22O2/c1-4-14(2,3)13(17)19-16-8-11-5-12(9-16)7-15(18,6-11)10-16;1-4-14(2,3)12(17)19-10-8-5-9-11(10)20-13(18)15(9,6-8)7-16;1-6-11(2,3)10(13)14-12(4,5)9-7-8-9/h11-12,18H,4-10H2,1-3H3;8-11H,4-6H2,1-3H3;9H,6-8H2,1-5H3. The molecular weight excluding hydrogens is 674 g/mol. The van der Waals surface area contributed by atoms with Crippen LogP contribution in [0.2, 0.25) is 0 Å². The van der Waals surface area contributed by atoms with Gasteiger partial charge in [0.2, 0.25) is 0 Å². The molecule has 1 saturated heterocycles. The van der Waals surface area contributed by atoms with Crippen molar-refractivity contribution in [2.24, 2.45) is 51.2 Å². The summed E-state index contributed by atoms with van der Waals surface area (Å²) in [6.45, 7) is 21.5. The van der Waals surface area contributed by atoms with Crippen LogP contribution in [-0.4, -0.2) is 58.0 Å². The van der Waals surface area contributed by atoms with E-state index in [4.69, 9.17) is 18.9 Å². The Bertz CT molecular complexity index is 1470. The van der Waals surface area contributed by atoms with Crippen LogP contribution in [0.15, 0.2) is 0 Å². The van der Waals surface area contributed by atoms with Gasteiger partial charge in [-0.3, -0.25) is 19.2 Å². The molecule has 0 amide bonds. The first-order valence-electron chi connectivity index (χ1n) is 20.4. The Morgan fingerprint density at radius 2 is 1.34 bits per heavy atom. The van der Waals surface area contributed by atoms with Gasteiger partial charge in [0, 0.05) is 18.3 Å². The van der Waals surface area contributed by atoms with E-state index in [2.05, 4.69) is 6.07 Å². The molecule has 0 aromatic heterocycles. The second kappa shape index (κ2) is 14.1. The third-order valence-corrected chi connectivity index (χ3v) is 14.5. The zero-order valence-electron chi connectivity index (χ0n) is 34.4. The summed E-state index contributed by atoms with van der Waals surface area (Å²) < 4.78 is 22.5. The average Bonchev–Trinajstić information content (AvgIpc) is 3.75. The van der Waals surface area contributed by atoms with Crippen LogP contribution in [0.25, 0.3) is 0 Å². The van der Waals surface area contributed by atoms with E-state index in [9.17, 15) is 29.5 Å². The number of hydrogen-bond acceptors (Lipinski definition) is 10. The Morgan fingerprint density at radius 1 is 0.811 bits per heavy atom. The minimum atomic E-state index is -0.974. The molecule has 8 fully saturated rings. The van der Waals surface area contributed by atoms with E-state index in [1.807, 2.05) is 76.2 Å². The zero-order valence-corrected chi connectivity index (χ0v) is 34.4. The van der Waals surface area contributed by atoms with Crippen molar-refractivity contribution in [2.75, 3.05) is 0 Å². The molecule has 53 heavy (non-hydrogen) atoms. The molecule has 7 unspecified atom stereocenters. The van der Waals surface area contributed by atoms with E-state index in [0.717, 1.165) is 44.9 Å². The van der Waals surface area contributed by atoms with E-state index in [-0.39, 0.29) is 52.5 Å². The highest BCUT2D eigenvalue weighted by molar-refractivity contribution is 5.85. The number of carbonyl (C=O) groups excluding carboxylic acids is 4. The summed E-state index contributed by atoms with van der Waals surface area (Å²) in [6.07, 6.45) is 10.8. The van der Waals surface area contributed by atoms with Crippen LogP contribution in [0.5, 0.6) is 0 Å². The highest BCUT2D eigenvalue weighted by atomic mass is 16.6. The zero-order chi connectivity index (χ0) is 39.6. The maximum absolute atomic E-state index is 12.4. The Hall–Kier alpha value is -2.67. The summed E-state index contributed by atoms with van der Waals surface area (Å²) in [4.78, 5) is 48.4. The van der Waals surface area contributed by atoms with Crippen molar-refractivity contribution < 1.29 is 43.2 Å². The molecule has 10 heteroatoms. The quantitative estimate of drug-likeness (QED) is 0.172. The number of carbonyl (C=O) groups is 4. The van der Waals surface area contributed by atoms with Crippen molar-refractivity contribution >= 4 is 23.9 Å². The Kier molecular flexibility index (Phi) is 11.1. The van der Waals surface area contributed by atoms with Gasteiger partial charge in [-0.2, -0.15) is 5.26 Å². The summed E-state index contributed by atoms with van der Waals surface area (Å²) >= 11 is 0. The third kappa shape index (κ3) is 8.03. The van der Waals surface area contributed by atoms with Gasteiger partial charge in [-0.1, -0.05) is 20.8 Å². The average molecular weight is 742 g/mol. The van der Waals surface area contributed by atoms with Crippen molar-refractivity contribution in [3.63, 3.8) is 0 Å². The minimum absolute atomic E-state index is 0.0584. The fraction of sp³-hybridized carbons (Fsp3) is 0.884. The molecule has 10 nitrogen and oxygen atoms in total. The normalized spacial score (nSPS) is 36.3. The number of hydrogen-bond donors (Lipinski definition) is 1. The van der Waals surface area contributed by atoms with Gasteiger partial charge < -0.3 is 24.1 Å². The maximum atomic E-state index is 12.4. The smallest absolute Gasteiger partial charge is 0.327 e. The molecule has 0 spiro atoms. The van der Waals surface area contributed by atoms with Crippen LogP contribution >= 0.6 is 0 Å². The molecule has 298 valence electrons. The number of aliphatic hydroxyl groups is 1. The molecule has 7 aliphatic carbocycles. The summed E-state index contributed by atoms with van der Waals surface area (Å²) in [6, 6.07) is 2.15. The first-order chi connectivity index (χ1) is 24.4. The van der Waals surface area contributed by atoms with Gasteiger partial charge in [-0.25, -0.2) is 0 Å². The van der Waals surface area contributed by atoms with Crippen LogP contribution in [0, 0.1) is 62.6 Å². The second-order valence-electron chi connectivity index (χ2n) is 20.4. The number of ether oxygens (including phenoxy) is 4. The van der Waals surface area contributed by atoms with Crippen LogP contribution in [0.1, 0.15) is 160 Å². The number of nitrogens with zero attached hydrogens (tertiary/aromatic N) is 1. The lowest BCUT2D eigenvalue weighted by Gasteiger charge is -2.59. The minimum Gasteiger partial charge on any atom is -0.459 e. The molecule has 6 bridgehead atoms. The Morgan fingerprint density at radius 3 is 1.83 bits per heavy atom. The highest BCUT2D eigenvalue weighted by Crippen LogP contribution is 2.62. The van der Waals surface area contributed by atoms with Gasteiger partial charge in [0.15, 0.2) is 5.41 Å². The van der Waals surface area contributed by atoms with Crippen molar-refractivity contribution in [1.82, 2.24) is 0 Å². The Labute approximate surface area is 317 Å². The van der Waals surface area contributed by atoms with E-state index in [0.29, 0.717) is 37.0 Å². The second-order valence-corrected chi connectivity index (χ2v) is 20.4. The molecule has 1 N–H and O–H groups in total. The van der Waals surface area contributed by atoms with E-state index >= 15 is 0 Å². The largest absolute Gasteiger partial charge is 0.459 e. The van der Waals surface area contributed by atoms with Crippen molar-refractivity contribution in [3.8, 4) is 6.07 Å². The van der Waals surface area contributed by atoms with Crippen LogP contribution in [0.4, 0.5) is 0 Å². The molecule has 1 heterocycles. The first-order valence-corrected chi connectivity index (χ1v) is 20.4. The summed E-state index contributed by atoms with van der Waals surface area (Å²) in [5.41, 5.74) is -3.43. The van der Waals surface area contributed by atoms with Crippen LogP contribution < -0.4 is 0 Å². The summed E-state index contributed by atoms with van der Waals surface area (Å²) in [7, 11) is 0. The number of nitriles is 1. The van der Waals surface area contributed by atoms with E-state index in [1.165, 1.54) is 19.3 Å². The monoisotopic (exact) mass is 741 g/mol. The van der Waals surface area contributed by atoms with Crippen molar-refractivity contribution in [2.45, 2.75) is 189 Å². The molecule has 0 radical (unpaired) electrons. The van der Waals surface area contributed by atoms with Gasteiger partial charge in [0.25, 0.3) is 0 Å². The molecule has 0 aromatic carbocycles. The summed E-state index contributed by atoms with van der Waals surface area (Å²) in [5.74, 6) is 0.859. The fourth-order valence-electron chi connectivity index (χ4n) is 9.83. The van der Waals surface area contributed by atoms with Gasteiger partial charge in [0.1, 0.15) is 23.4 Å². The Balaban J connectivity index is 0.000000156. The highest BCUT2D eigenvalue weighted by Gasteiger charge is 2.72. The molecule has 8 aliphatic rings. The number of fused-ring (bicyclic) bond motifs is 1. The molecule has 1 aliphatic heterocycles. The fourth-order valence-corrected chi connectivity index (χ4v) is 9.83. The molecule has 0 aromatic rings. The van der Waals surface area contributed by atoms with Gasteiger partial charge in [-0.15, -0.1) is 0 Å². The van der Waals surface area contributed by atoms with E-state index in [1.54, 1.807) is 0 Å². The number of rotatable bonds is 10. The molecular formula is C43H67NO9. The molecule has 8 rings (SSSR count). The maximum Gasteiger partial charge on any atom is 0.327 e. The predicted molar refractivity (Wildman–Crippen MR) is 198 cm³/mol. The van der Waals surface area contributed by atoms with Gasteiger partial charge >= 0.3 is 23.9 Å². The number of esters is 4.